The summed E-state index contributed by atoms with van der Waals surface area (Å²) < 4.78 is 0. The molecule has 2 aromatic carbocycles. The zero-order valence-electron chi connectivity index (χ0n) is 12.5. The molecule has 0 amide bonds. The van der Waals surface area contributed by atoms with Crippen molar-refractivity contribution in [2.75, 3.05) is 0 Å². The molecule has 0 atom stereocenters. The van der Waals surface area contributed by atoms with Gasteiger partial charge in [0.1, 0.15) is 0 Å². The van der Waals surface area contributed by atoms with Crippen molar-refractivity contribution < 1.29 is 39.3 Å². The number of carboxylic acid groups (broad SMARTS) is 2. The van der Waals surface area contributed by atoms with E-state index in [9.17, 15) is 9.59 Å². The summed E-state index contributed by atoms with van der Waals surface area (Å²) in [6, 6.07) is 18.6. The van der Waals surface area contributed by atoms with Crippen LogP contribution in [0.4, 0.5) is 0 Å². The van der Waals surface area contributed by atoms with Crippen LogP contribution in [-0.4, -0.2) is 22.2 Å². The minimum absolute atomic E-state index is 0. The zero-order valence-corrected chi connectivity index (χ0v) is 15.5. The van der Waals surface area contributed by atoms with Crippen LogP contribution in [0, 0.1) is 0 Å². The summed E-state index contributed by atoms with van der Waals surface area (Å²) in [5, 5.41) is 16.6. The van der Waals surface area contributed by atoms with Gasteiger partial charge in [-0.1, -0.05) is 60.7 Å². The van der Waals surface area contributed by atoms with Gasteiger partial charge in [0.25, 0.3) is 0 Å². The van der Waals surface area contributed by atoms with Crippen molar-refractivity contribution in [3.8, 4) is 0 Å². The molecule has 0 bridgehead atoms. The van der Waals surface area contributed by atoms with Gasteiger partial charge < -0.3 is 10.2 Å². The first-order valence-electron chi connectivity index (χ1n) is 6.50. The van der Waals surface area contributed by atoms with Crippen molar-refractivity contribution >= 4 is 24.1 Å². The molecule has 0 spiro atoms. The molecule has 114 valence electrons. The molecule has 0 aromatic heterocycles. The Balaban J connectivity index is 0.000000403. The molecule has 23 heavy (non-hydrogen) atoms. The molecule has 2 aromatic rings. The minimum Gasteiger partial charge on any atom is -0.478 e. The minimum atomic E-state index is -0.922. The molecule has 5 heteroatoms. The van der Waals surface area contributed by atoms with Crippen LogP contribution in [0.3, 0.4) is 0 Å². The van der Waals surface area contributed by atoms with E-state index in [0.29, 0.717) is 0 Å². The molecule has 2 rings (SSSR count). The summed E-state index contributed by atoms with van der Waals surface area (Å²) in [5.41, 5.74) is 1.80. The molecular formula is C18H16O4Zn. The van der Waals surface area contributed by atoms with Crippen molar-refractivity contribution in [3.05, 3.63) is 83.9 Å². The molecule has 0 heterocycles. The van der Waals surface area contributed by atoms with E-state index < -0.39 is 11.9 Å². The first-order chi connectivity index (χ1) is 10.6. The zero-order chi connectivity index (χ0) is 16.2. The van der Waals surface area contributed by atoms with E-state index in [2.05, 4.69) is 0 Å². The number of carboxylic acids is 2. The summed E-state index contributed by atoms with van der Waals surface area (Å²) in [6.45, 7) is 0. The van der Waals surface area contributed by atoms with Gasteiger partial charge in [-0.3, -0.25) is 0 Å². The number of hydrogen-bond acceptors (Lipinski definition) is 2. The van der Waals surface area contributed by atoms with Crippen molar-refractivity contribution in [2.45, 2.75) is 0 Å². The van der Waals surface area contributed by atoms with Crippen molar-refractivity contribution in [1.29, 1.82) is 0 Å². The Morgan fingerprint density at radius 2 is 0.957 bits per heavy atom. The van der Waals surface area contributed by atoms with E-state index >= 15 is 0 Å². The molecule has 2 N–H and O–H groups in total. The van der Waals surface area contributed by atoms with Gasteiger partial charge >= 0.3 is 11.9 Å². The summed E-state index contributed by atoms with van der Waals surface area (Å²) in [7, 11) is 0. The van der Waals surface area contributed by atoms with Gasteiger partial charge in [0, 0.05) is 31.6 Å². The summed E-state index contributed by atoms with van der Waals surface area (Å²) >= 11 is 0. The number of benzene rings is 2. The molecule has 0 saturated heterocycles. The molecule has 0 aliphatic carbocycles. The second kappa shape index (κ2) is 12.1. The third-order valence-corrected chi connectivity index (χ3v) is 2.44. The monoisotopic (exact) mass is 360 g/mol. The van der Waals surface area contributed by atoms with E-state index in [1.807, 2.05) is 60.7 Å². The second-order valence-corrected chi connectivity index (χ2v) is 4.16. The van der Waals surface area contributed by atoms with Crippen LogP contribution in [0.1, 0.15) is 11.1 Å². The maximum atomic E-state index is 10.1. The maximum Gasteiger partial charge on any atom is 0.328 e. The number of aliphatic carboxylic acids is 2. The van der Waals surface area contributed by atoms with Crippen molar-refractivity contribution in [1.82, 2.24) is 0 Å². The van der Waals surface area contributed by atoms with Crippen molar-refractivity contribution in [3.63, 3.8) is 0 Å². The molecule has 0 aliphatic rings. The van der Waals surface area contributed by atoms with E-state index in [0.717, 1.165) is 23.3 Å². The normalized spacial score (nSPS) is 9.74. The fraction of sp³-hybridized carbons (Fsp3) is 0. The summed E-state index contributed by atoms with van der Waals surface area (Å²) in [6.07, 6.45) is 5.36. The quantitative estimate of drug-likeness (QED) is 0.645. The van der Waals surface area contributed by atoms with E-state index in [-0.39, 0.29) is 19.5 Å². The second-order valence-electron chi connectivity index (χ2n) is 4.16. The van der Waals surface area contributed by atoms with Crippen LogP contribution in [0.5, 0.6) is 0 Å². The first-order valence-corrected chi connectivity index (χ1v) is 6.50. The van der Waals surface area contributed by atoms with Crippen LogP contribution >= 0.6 is 0 Å². The molecule has 0 unspecified atom stereocenters. The largest absolute Gasteiger partial charge is 0.478 e. The Hall–Kier alpha value is -2.52. The Morgan fingerprint density at radius 3 is 1.22 bits per heavy atom. The average molecular weight is 362 g/mol. The fourth-order valence-electron chi connectivity index (χ4n) is 1.46. The van der Waals surface area contributed by atoms with E-state index in [1.165, 1.54) is 0 Å². The molecule has 0 saturated carbocycles. The smallest absolute Gasteiger partial charge is 0.328 e. The average Bonchev–Trinajstić information content (AvgIpc) is 2.53. The van der Waals surface area contributed by atoms with Gasteiger partial charge in [-0.05, 0) is 23.3 Å². The Morgan fingerprint density at radius 1 is 0.652 bits per heavy atom. The predicted molar refractivity (Wildman–Crippen MR) is 86.2 cm³/mol. The molecule has 0 fully saturated rings. The molecular weight excluding hydrogens is 346 g/mol. The SMILES string of the molecule is O=C(O)/C=C/c1ccccc1.O=C(O)/C=C/c1ccccc1.[Zn]. The van der Waals surface area contributed by atoms with E-state index in [1.54, 1.807) is 12.2 Å². The summed E-state index contributed by atoms with van der Waals surface area (Å²) in [5.74, 6) is -1.84. The van der Waals surface area contributed by atoms with Gasteiger partial charge in [0.15, 0.2) is 0 Å². The Bertz CT molecular complexity index is 590. The Labute approximate surface area is 147 Å². The van der Waals surface area contributed by atoms with Gasteiger partial charge in [-0.25, -0.2) is 9.59 Å². The molecule has 0 aliphatic heterocycles. The number of carbonyl (C=O) groups is 2. The van der Waals surface area contributed by atoms with Crippen LogP contribution in [0.2, 0.25) is 0 Å². The van der Waals surface area contributed by atoms with Gasteiger partial charge in [0.2, 0.25) is 0 Å². The Kier molecular flexibility index (Phi) is 10.7. The third kappa shape index (κ3) is 10.8. The third-order valence-electron chi connectivity index (χ3n) is 2.44. The first kappa shape index (κ1) is 20.5. The maximum absolute atomic E-state index is 10.1. The molecule has 0 radical (unpaired) electrons. The van der Waals surface area contributed by atoms with E-state index in [4.69, 9.17) is 10.2 Å². The number of rotatable bonds is 4. The fourth-order valence-corrected chi connectivity index (χ4v) is 1.46. The predicted octanol–water partition coefficient (Wildman–Crippen LogP) is 3.57. The van der Waals surface area contributed by atoms with Gasteiger partial charge in [-0.2, -0.15) is 0 Å². The van der Waals surface area contributed by atoms with Gasteiger partial charge in [0.05, 0.1) is 0 Å². The van der Waals surface area contributed by atoms with Crippen LogP contribution < -0.4 is 0 Å². The standard InChI is InChI=1S/2C9H8O2.Zn/c2*10-9(11)7-6-8-4-2-1-3-5-8;/h2*1-7H,(H,10,11);/b2*7-6+;. The number of hydrogen-bond donors (Lipinski definition) is 2. The van der Waals surface area contributed by atoms with Crippen LogP contribution in [0.25, 0.3) is 12.2 Å². The molecule has 4 nitrogen and oxygen atoms in total. The van der Waals surface area contributed by atoms with Crippen LogP contribution in [0.15, 0.2) is 72.8 Å². The summed E-state index contributed by atoms with van der Waals surface area (Å²) in [4.78, 5) is 20.2. The van der Waals surface area contributed by atoms with Crippen molar-refractivity contribution in [2.24, 2.45) is 0 Å². The van der Waals surface area contributed by atoms with Gasteiger partial charge in [-0.15, -0.1) is 0 Å². The van der Waals surface area contributed by atoms with Crippen LogP contribution in [-0.2, 0) is 29.1 Å². The topological polar surface area (TPSA) is 74.6 Å².